The first kappa shape index (κ1) is 27.5. The largest absolute Gasteiger partial charge is 0.247 e. The quantitative estimate of drug-likeness (QED) is 0.194. The van der Waals surface area contributed by atoms with E-state index in [4.69, 9.17) is 15.0 Å². The lowest BCUT2D eigenvalue weighted by atomic mass is 9.57. The zero-order valence-corrected chi connectivity index (χ0v) is 27.1. The summed E-state index contributed by atoms with van der Waals surface area (Å²) in [4.78, 5) is 16.5. The molecule has 0 atom stereocenters. The van der Waals surface area contributed by atoms with E-state index in [1.165, 1.54) is 49.5 Å². The van der Waals surface area contributed by atoms with Gasteiger partial charge in [0.1, 0.15) is 0 Å². The number of aromatic nitrogens is 3. The van der Waals surface area contributed by atoms with Crippen molar-refractivity contribution in [1.29, 1.82) is 0 Å². The number of nitrogens with zero attached hydrogens (tertiary/aromatic N) is 3. The molecule has 3 aromatic heterocycles. The fourth-order valence-corrected chi connectivity index (χ4v) is 8.88. The maximum Gasteiger partial charge on any atom is 0.0754 e. The minimum absolute atomic E-state index is 0.0990. The maximum absolute atomic E-state index is 5.51. The fourth-order valence-electron chi connectivity index (χ4n) is 8.88. The molecule has 3 aliphatic carbocycles. The topological polar surface area (TPSA) is 38.7 Å². The molecule has 50 heavy (non-hydrogen) atoms. The summed E-state index contributed by atoms with van der Waals surface area (Å²) < 4.78 is 0. The molecule has 2 bridgehead atoms. The highest BCUT2D eigenvalue weighted by Gasteiger charge is 2.49. The van der Waals surface area contributed by atoms with Crippen molar-refractivity contribution in [2.24, 2.45) is 0 Å². The first-order chi connectivity index (χ1) is 24.8. The van der Waals surface area contributed by atoms with Crippen LogP contribution in [0.15, 0.2) is 164 Å². The molecule has 0 aliphatic heterocycles. The van der Waals surface area contributed by atoms with Crippen LogP contribution in [0.3, 0.4) is 0 Å². The van der Waals surface area contributed by atoms with Gasteiger partial charge >= 0.3 is 0 Å². The van der Waals surface area contributed by atoms with Crippen molar-refractivity contribution in [3.63, 3.8) is 0 Å². The molecule has 3 heteroatoms. The molecule has 0 spiro atoms. The van der Waals surface area contributed by atoms with Gasteiger partial charge in [-0.05, 0) is 51.6 Å². The lowest BCUT2D eigenvalue weighted by Gasteiger charge is -2.45. The molecule has 3 nitrogen and oxygen atoms in total. The lowest BCUT2D eigenvalue weighted by molar-refractivity contribution is 0.767. The monoisotopic (exact) mass is 635 g/mol. The Labute approximate surface area is 289 Å². The Balaban J connectivity index is 1.41. The van der Waals surface area contributed by atoms with E-state index in [1.54, 1.807) is 0 Å². The van der Waals surface area contributed by atoms with Crippen LogP contribution < -0.4 is 0 Å². The average molecular weight is 636 g/mol. The standard InChI is InChI=1S/C47H29N3/c1-4-16-28(17-5-1)45-42-39(33-24-12-15-27-36(33)48-45)41-43-37(31-22-10-13-25-34(31)49-46(43)29-18-6-2-7-19-29)40(42)38-32-23-11-14-26-35(32)50-47(44(38)41)30-20-8-3-9-21-30/h1-27,40-41H. The molecule has 12 rings (SSSR count). The predicted molar refractivity (Wildman–Crippen MR) is 203 cm³/mol. The van der Waals surface area contributed by atoms with Crippen LogP contribution in [0.1, 0.15) is 45.2 Å². The van der Waals surface area contributed by atoms with E-state index in [0.717, 1.165) is 50.3 Å². The van der Waals surface area contributed by atoms with Crippen molar-refractivity contribution < 1.29 is 0 Å². The summed E-state index contributed by atoms with van der Waals surface area (Å²) >= 11 is 0. The third kappa shape index (κ3) is 3.77. The molecule has 232 valence electrons. The third-order valence-corrected chi connectivity index (χ3v) is 10.8. The van der Waals surface area contributed by atoms with E-state index in [1.807, 2.05) is 0 Å². The van der Waals surface area contributed by atoms with Crippen LogP contribution in [0.25, 0.3) is 66.5 Å². The minimum atomic E-state index is -0.130. The first-order valence-corrected chi connectivity index (χ1v) is 17.3. The zero-order valence-electron chi connectivity index (χ0n) is 27.1. The Morgan fingerprint density at radius 3 is 0.840 bits per heavy atom. The lowest BCUT2D eigenvalue weighted by Crippen LogP contribution is -2.31. The molecule has 0 fully saturated rings. The molecule has 6 aromatic carbocycles. The first-order valence-electron chi connectivity index (χ1n) is 17.3. The van der Waals surface area contributed by atoms with Gasteiger partial charge in [0.15, 0.2) is 0 Å². The predicted octanol–water partition coefficient (Wildman–Crippen LogP) is 11.3. The van der Waals surface area contributed by atoms with Gasteiger partial charge in [-0.3, -0.25) is 0 Å². The third-order valence-electron chi connectivity index (χ3n) is 10.8. The molecule has 0 radical (unpaired) electrons. The smallest absolute Gasteiger partial charge is 0.0754 e. The molecule has 3 heterocycles. The minimum Gasteiger partial charge on any atom is -0.247 e. The zero-order chi connectivity index (χ0) is 32.8. The second-order valence-corrected chi connectivity index (χ2v) is 13.4. The van der Waals surface area contributed by atoms with E-state index >= 15 is 0 Å². The summed E-state index contributed by atoms with van der Waals surface area (Å²) in [6, 6.07) is 58.4. The summed E-state index contributed by atoms with van der Waals surface area (Å²) in [7, 11) is 0. The number of hydrogen-bond acceptors (Lipinski definition) is 3. The maximum atomic E-state index is 5.51. The summed E-state index contributed by atoms with van der Waals surface area (Å²) in [5, 5.41) is 3.58. The van der Waals surface area contributed by atoms with Gasteiger partial charge in [-0.2, -0.15) is 0 Å². The fraction of sp³-hybridized carbons (Fsp3) is 0.0426. The molecule has 0 unspecified atom stereocenters. The highest BCUT2D eigenvalue weighted by molar-refractivity contribution is 6.02. The SMILES string of the molecule is c1ccc(-c2nc3ccccc3c3c2C2c4c(c(-c5ccccc5)nc5ccccc45)C3c3c(-c4ccccc4)nc4ccccc4c32)cc1. The highest BCUT2D eigenvalue weighted by atomic mass is 14.8. The average Bonchev–Trinajstić information content (AvgIpc) is 3.20. The van der Waals surface area contributed by atoms with Gasteiger partial charge < -0.3 is 0 Å². The molecule has 3 aliphatic rings. The number of hydrogen-bond donors (Lipinski definition) is 0. The molecule has 9 aromatic rings. The van der Waals surface area contributed by atoms with Gasteiger partial charge in [0.05, 0.1) is 33.6 Å². The van der Waals surface area contributed by atoms with E-state index in [9.17, 15) is 0 Å². The Hall–Kier alpha value is -6.45. The summed E-state index contributed by atoms with van der Waals surface area (Å²) in [6.07, 6.45) is 0. The van der Waals surface area contributed by atoms with Crippen LogP contribution in [-0.4, -0.2) is 15.0 Å². The van der Waals surface area contributed by atoms with Crippen molar-refractivity contribution in [1.82, 2.24) is 15.0 Å². The van der Waals surface area contributed by atoms with Gasteiger partial charge in [0.25, 0.3) is 0 Å². The van der Waals surface area contributed by atoms with Crippen LogP contribution in [0, 0.1) is 0 Å². The van der Waals surface area contributed by atoms with E-state index < -0.39 is 0 Å². The molecular formula is C47H29N3. The molecule has 0 saturated carbocycles. The van der Waals surface area contributed by atoms with Gasteiger partial charge in [-0.1, -0.05) is 146 Å². The van der Waals surface area contributed by atoms with Crippen LogP contribution in [0.4, 0.5) is 0 Å². The number of benzene rings is 6. The van der Waals surface area contributed by atoms with Crippen molar-refractivity contribution in [2.45, 2.75) is 11.8 Å². The molecule has 0 amide bonds. The van der Waals surface area contributed by atoms with E-state index in [2.05, 4.69) is 164 Å². The second kappa shape index (κ2) is 10.5. The van der Waals surface area contributed by atoms with Crippen molar-refractivity contribution >= 4 is 32.7 Å². The van der Waals surface area contributed by atoms with Crippen LogP contribution >= 0.6 is 0 Å². The highest BCUT2D eigenvalue weighted by Crippen LogP contribution is 2.64. The van der Waals surface area contributed by atoms with Gasteiger partial charge in [-0.25, -0.2) is 15.0 Å². The normalized spacial score (nSPS) is 15.6. The van der Waals surface area contributed by atoms with Crippen LogP contribution in [-0.2, 0) is 0 Å². The Bertz CT molecular complexity index is 2680. The van der Waals surface area contributed by atoms with Crippen LogP contribution in [0.2, 0.25) is 0 Å². The molecule has 0 N–H and O–H groups in total. The van der Waals surface area contributed by atoms with E-state index in [-0.39, 0.29) is 11.8 Å². The van der Waals surface area contributed by atoms with Crippen molar-refractivity contribution in [2.75, 3.05) is 0 Å². The van der Waals surface area contributed by atoms with Crippen molar-refractivity contribution in [3.8, 4) is 33.8 Å². The molecule has 0 saturated heterocycles. The van der Waals surface area contributed by atoms with Crippen LogP contribution in [0.5, 0.6) is 0 Å². The van der Waals surface area contributed by atoms with Gasteiger partial charge in [-0.15, -0.1) is 0 Å². The Morgan fingerprint density at radius 2 is 0.520 bits per heavy atom. The number of para-hydroxylation sites is 3. The number of fused-ring (bicyclic) bond motifs is 3. The number of rotatable bonds is 3. The van der Waals surface area contributed by atoms with Crippen molar-refractivity contribution in [3.05, 3.63) is 197 Å². The summed E-state index contributed by atoms with van der Waals surface area (Å²) in [5.41, 5.74) is 17.4. The Kier molecular flexibility index (Phi) is 5.79. The van der Waals surface area contributed by atoms with E-state index in [0.29, 0.717) is 0 Å². The second-order valence-electron chi connectivity index (χ2n) is 13.4. The van der Waals surface area contributed by atoms with Gasteiger partial charge in [0, 0.05) is 44.7 Å². The molecular weight excluding hydrogens is 607 g/mol. The number of pyridine rings is 3. The van der Waals surface area contributed by atoms with Gasteiger partial charge in [0.2, 0.25) is 0 Å². The summed E-state index contributed by atoms with van der Waals surface area (Å²) in [5.74, 6) is -0.229. The Morgan fingerprint density at radius 1 is 0.260 bits per heavy atom. The summed E-state index contributed by atoms with van der Waals surface area (Å²) in [6.45, 7) is 0.